The molecule has 0 bridgehead atoms. The summed E-state index contributed by atoms with van der Waals surface area (Å²) in [6.07, 6.45) is 3.41. The summed E-state index contributed by atoms with van der Waals surface area (Å²) in [5.74, 6) is -0.963. The molecule has 2 unspecified atom stereocenters. The first-order valence-electron chi connectivity index (χ1n) is 6.61. The van der Waals surface area contributed by atoms with Gasteiger partial charge in [-0.3, -0.25) is 9.59 Å². The van der Waals surface area contributed by atoms with Gasteiger partial charge in [0.2, 0.25) is 5.91 Å². The van der Waals surface area contributed by atoms with Crippen molar-refractivity contribution in [2.75, 3.05) is 13.1 Å². The lowest BCUT2D eigenvalue weighted by atomic mass is 9.86. The minimum Gasteiger partial charge on any atom is -0.481 e. The summed E-state index contributed by atoms with van der Waals surface area (Å²) in [4.78, 5) is 23.3. The quantitative estimate of drug-likeness (QED) is 0.689. The van der Waals surface area contributed by atoms with Gasteiger partial charge in [0, 0.05) is 6.54 Å². The molecule has 0 aromatic rings. The predicted octanol–water partition coefficient (Wildman–Crippen LogP) is 1.14. The molecule has 1 amide bonds. The predicted molar refractivity (Wildman–Crippen MR) is 69.3 cm³/mol. The lowest BCUT2D eigenvalue weighted by Crippen LogP contribution is -2.58. The number of carbonyl (C=O) groups is 2. The lowest BCUT2D eigenvalue weighted by molar-refractivity contribution is -0.148. The molecule has 0 spiro atoms. The molecule has 0 aromatic heterocycles. The third-order valence-corrected chi connectivity index (χ3v) is 4.06. The van der Waals surface area contributed by atoms with E-state index < -0.39 is 16.9 Å². The van der Waals surface area contributed by atoms with Crippen molar-refractivity contribution in [3.8, 4) is 0 Å². The van der Waals surface area contributed by atoms with E-state index in [0.29, 0.717) is 6.42 Å². The van der Waals surface area contributed by atoms with Gasteiger partial charge >= 0.3 is 5.97 Å². The van der Waals surface area contributed by atoms with E-state index in [0.717, 1.165) is 25.8 Å². The van der Waals surface area contributed by atoms with Gasteiger partial charge in [-0.25, -0.2) is 0 Å². The summed E-state index contributed by atoms with van der Waals surface area (Å²) in [5, 5.41) is 15.2. The maximum atomic E-state index is 12.1. The van der Waals surface area contributed by atoms with Crippen LogP contribution in [-0.2, 0) is 9.59 Å². The number of carbonyl (C=O) groups excluding carboxylic acids is 1. The van der Waals surface area contributed by atoms with Crippen molar-refractivity contribution in [3.05, 3.63) is 0 Å². The smallest absolute Gasteiger partial charge is 0.311 e. The van der Waals surface area contributed by atoms with E-state index in [9.17, 15) is 9.59 Å². The van der Waals surface area contributed by atoms with E-state index in [2.05, 4.69) is 10.6 Å². The first-order valence-corrected chi connectivity index (χ1v) is 6.61. The monoisotopic (exact) mass is 256 g/mol. The van der Waals surface area contributed by atoms with E-state index in [1.165, 1.54) is 0 Å². The average molecular weight is 256 g/mol. The molecule has 1 aliphatic rings. The zero-order chi connectivity index (χ0) is 13.8. The Labute approximate surface area is 108 Å². The van der Waals surface area contributed by atoms with Crippen molar-refractivity contribution >= 4 is 11.9 Å². The van der Waals surface area contributed by atoms with Gasteiger partial charge in [0.25, 0.3) is 0 Å². The number of hydrogen-bond donors (Lipinski definition) is 3. The molecule has 2 atom stereocenters. The number of carboxylic acid groups (broad SMARTS) is 1. The number of aliphatic carboxylic acids is 1. The zero-order valence-corrected chi connectivity index (χ0v) is 11.5. The van der Waals surface area contributed by atoms with Gasteiger partial charge in [-0.05, 0) is 46.1 Å². The second kappa shape index (κ2) is 5.69. The topological polar surface area (TPSA) is 78.4 Å². The van der Waals surface area contributed by atoms with Crippen LogP contribution in [0.3, 0.4) is 0 Å². The van der Waals surface area contributed by atoms with Gasteiger partial charge in [0.1, 0.15) is 0 Å². The Bertz CT molecular complexity index is 324. The number of rotatable bonds is 5. The molecular weight excluding hydrogens is 232 g/mol. The van der Waals surface area contributed by atoms with Gasteiger partial charge in [-0.2, -0.15) is 0 Å². The molecular formula is C13H24N2O3. The summed E-state index contributed by atoms with van der Waals surface area (Å²) in [5.41, 5.74) is -1.44. The number of nitrogens with one attached hydrogen (secondary N) is 2. The van der Waals surface area contributed by atoms with Gasteiger partial charge in [0.05, 0.1) is 11.0 Å². The van der Waals surface area contributed by atoms with Crippen molar-refractivity contribution < 1.29 is 14.7 Å². The Morgan fingerprint density at radius 1 is 1.44 bits per heavy atom. The molecule has 18 heavy (non-hydrogen) atoms. The summed E-state index contributed by atoms with van der Waals surface area (Å²) in [6, 6.07) is 0. The third kappa shape index (κ3) is 3.22. The van der Waals surface area contributed by atoms with Gasteiger partial charge < -0.3 is 15.7 Å². The van der Waals surface area contributed by atoms with Crippen molar-refractivity contribution in [2.24, 2.45) is 5.41 Å². The highest BCUT2D eigenvalue weighted by atomic mass is 16.4. The zero-order valence-electron chi connectivity index (χ0n) is 11.5. The molecule has 0 aromatic carbocycles. The Morgan fingerprint density at radius 2 is 2.11 bits per heavy atom. The van der Waals surface area contributed by atoms with E-state index in [1.807, 2.05) is 13.8 Å². The standard InChI is InChI=1S/C13H24N2O3/c1-4-12(2,11(17)18)9-14-10(16)13(3)7-5-6-8-15-13/h15H,4-9H2,1-3H3,(H,14,16)(H,17,18). The van der Waals surface area contributed by atoms with Crippen molar-refractivity contribution in [1.29, 1.82) is 0 Å². The summed E-state index contributed by atoms with van der Waals surface area (Å²) in [7, 11) is 0. The van der Waals surface area contributed by atoms with Crippen LogP contribution >= 0.6 is 0 Å². The van der Waals surface area contributed by atoms with Crippen LogP contribution in [0.25, 0.3) is 0 Å². The number of hydrogen-bond acceptors (Lipinski definition) is 3. The molecule has 0 radical (unpaired) electrons. The van der Waals surface area contributed by atoms with Gasteiger partial charge in [-0.15, -0.1) is 0 Å². The van der Waals surface area contributed by atoms with E-state index in [1.54, 1.807) is 6.92 Å². The molecule has 0 aliphatic carbocycles. The number of amides is 1. The van der Waals surface area contributed by atoms with Crippen LogP contribution in [0, 0.1) is 5.41 Å². The normalized spacial score (nSPS) is 27.3. The van der Waals surface area contributed by atoms with Crippen LogP contribution in [0.1, 0.15) is 46.5 Å². The molecule has 1 saturated heterocycles. The molecule has 0 saturated carbocycles. The Balaban J connectivity index is 2.57. The highest BCUT2D eigenvalue weighted by Gasteiger charge is 2.37. The summed E-state index contributed by atoms with van der Waals surface area (Å²) < 4.78 is 0. The first kappa shape index (κ1) is 15.0. The molecule has 1 heterocycles. The van der Waals surface area contributed by atoms with Gasteiger partial charge in [-0.1, -0.05) is 6.92 Å². The average Bonchev–Trinajstić information content (AvgIpc) is 2.36. The minimum absolute atomic E-state index is 0.0943. The Kier molecular flexibility index (Phi) is 4.73. The van der Waals surface area contributed by atoms with Crippen LogP contribution in [0.15, 0.2) is 0 Å². The number of piperidine rings is 1. The van der Waals surface area contributed by atoms with E-state index >= 15 is 0 Å². The molecule has 5 nitrogen and oxygen atoms in total. The SMILES string of the molecule is CCC(C)(CNC(=O)C1(C)CCCCN1)C(=O)O. The van der Waals surface area contributed by atoms with Crippen LogP contribution in [0.5, 0.6) is 0 Å². The van der Waals surface area contributed by atoms with Crippen molar-refractivity contribution in [2.45, 2.75) is 52.0 Å². The Hall–Kier alpha value is -1.10. The van der Waals surface area contributed by atoms with Crippen molar-refractivity contribution in [1.82, 2.24) is 10.6 Å². The molecule has 1 rings (SSSR count). The molecule has 104 valence electrons. The summed E-state index contributed by atoms with van der Waals surface area (Å²) >= 11 is 0. The molecule has 3 N–H and O–H groups in total. The fourth-order valence-corrected chi connectivity index (χ4v) is 2.07. The van der Waals surface area contributed by atoms with E-state index in [-0.39, 0.29) is 12.5 Å². The maximum absolute atomic E-state index is 12.1. The maximum Gasteiger partial charge on any atom is 0.311 e. The highest BCUT2D eigenvalue weighted by Crippen LogP contribution is 2.22. The highest BCUT2D eigenvalue weighted by molar-refractivity contribution is 5.86. The fourth-order valence-electron chi connectivity index (χ4n) is 2.07. The van der Waals surface area contributed by atoms with Crippen LogP contribution in [-0.4, -0.2) is 35.6 Å². The van der Waals surface area contributed by atoms with Crippen LogP contribution in [0.4, 0.5) is 0 Å². The van der Waals surface area contributed by atoms with E-state index in [4.69, 9.17) is 5.11 Å². The molecule has 1 fully saturated rings. The second-order valence-corrected chi connectivity index (χ2v) is 5.62. The lowest BCUT2D eigenvalue weighted by Gasteiger charge is -2.34. The second-order valence-electron chi connectivity index (χ2n) is 5.62. The Morgan fingerprint density at radius 3 is 2.56 bits per heavy atom. The van der Waals surface area contributed by atoms with Crippen molar-refractivity contribution in [3.63, 3.8) is 0 Å². The van der Waals surface area contributed by atoms with Gasteiger partial charge in [0.15, 0.2) is 0 Å². The number of carboxylic acids is 1. The molecule has 1 aliphatic heterocycles. The molecule has 5 heteroatoms. The minimum atomic E-state index is -0.888. The van der Waals surface area contributed by atoms with Crippen LogP contribution in [0.2, 0.25) is 0 Å². The largest absolute Gasteiger partial charge is 0.481 e. The fraction of sp³-hybridized carbons (Fsp3) is 0.846. The third-order valence-electron chi connectivity index (χ3n) is 4.06. The first-order chi connectivity index (χ1) is 8.34. The van der Waals surface area contributed by atoms with Crippen LogP contribution < -0.4 is 10.6 Å². The summed E-state index contributed by atoms with van der Waals surface area (Å²) in [6.45, 7) is 6.38.